The highest BCUT2D eigenvalue weighted by Gasteiger charge is 2.17. The number of phenols is 1. The van der Waals surface area contributed by atoms with Crippen LogP contribution >= 0.6 is 0 Å². The number of phenolic OH excluding ortho intramolecular Hbond substituents is 1. The molecular formula is C14H17NO. The molecule has 84 valence electrons. The van der Waals surface area contributed by atoms with E-state index in [-0.39, 0.29) is 0 Å². The number of aromatic nitrogens is 1. The number of aromatic hydroxyl groups is 1. The Kier molecular flexibility index (Phi) is 2.35. The van der Waals surface area contributed by atoms with Crippen molar-refractivity contribution in [2.24, 2.45) is 0 Å². The predicted molar refractivity (Wildman–Crippen MR) is 65.8 cm³/mol. The third kappa shape index (κ3) is 1.58. The Labute approximate surface area is 95.3 Å². The van der Waals surface area contributed by atoms with Crippen LogP contribution < -0.4 is 0 Å². The van der Waals surface area contributed by atoms with Crippen molar-refractivity contribution in [3.8, 4) is 5.75 Å². The second-order valence-corrected chi connectivity index (χ2v) is 4.80. The van der Waals surface area contributed by atoms with Crippen molar-refractivity contribution >= 4 is 10.9 Å². The van der Waals surface area contributed by atoms with E-state index < -0.39 is 0 Å². The lowest BCUT2D eigenvalue weighted by atomic mass is 9.87. The Balaban J connectivity index is 2.01. The molecular weight excluding hydrogens is 198 g/mol. The topological polar surface area (TPSA) is 36.0 Å². The second kappa shape index (κ2) is 3.85. The lowest BCUT2D eigenvalue weighted by Crippen LogP contribution is -2.04. The summed E-state index contributed by atoms with van der Waals surface area (Å²) in [6.07, 6.45) is 6.63. The highest BCUT2D eigenvalue weighted by molar-refractivity contribution is 5.86. The first-order valence-electron chi connectivity index (χ1n) is 6.15. The normalized spacial score (nSPS) is 18.0. The maximum absolute atomic E-state index is 9.76. The molecule has 2 nitrogen and oxygen atoms in total. The standard InChI is InChI=1S/C14H17NO/c16-14-8-4-7-12-11(14)9-13(15-12)10-5-2-1-3-6-10/h4,7-10,15-16H,1-3,5-6H2. The van der Waals surface area contributed by atoms with Crippen LogP contribution in [-0.4, -0.2) is 10.1 Å². The number of H-pyrrole nitrogens is 1. The van der Waals surface area contributed by atoms with Crippen LogP contribution in [0.25, 0.3) is 10.9 Å². The van der Waals surface area contributed by atoms with Gasteiger partial charge in [-0.15, -0.1) is 0 Å². The summed E-state index contributed by atoms with van der Waals surface area (Å²) < 4.78 is 0. The number of hydrogen-bond acceptors (Lipinski definition) is 1. The first kappa shape index (κ1) is 9.76. The minimum atomic E-state index is 0.385. The molecule has 2 aromatic rings. The van der Waals surface area contributed by atoms with Crippen molar-refractivity contribution in [3.05, 3.63) is 30.0 Å². The lowest BCUT2D eigenvalue weighted by molar-refractivity contribution is 0.438. The third-order valence-electron chi connectivity index (χ3n) is 3.71. The molecule has 1 aromatic heterocycles. The number of rotatable bonds is 1. The Hall–Kier alpha value is -1.44. The molecule has 0 atom stereocenters. The van der Waals surface area contributed by atoms with E-state index in [4.69, 9.17) is 0 Å². The summed E-state index contributed by atoms with van der Waals surface area (Å²) in [6, 6.07) is 7.79. The highest BCUT2D eigenvalue weighted by atomic mass is 16.3. The average molecular weight is 215 g/mol. The molecule has 1 fully saturated rings. The number of aromatic amines is 1. The van der Waals surface area contributed by atoms with Crippen LogP contribution in [0.5, 0.6) is 5.75 Å². The van der Waals surface area contributed by atoms with Gasteiger partial charge in [0.15, 0.2) is 0 Å². The number of benzene rings is 1. The zero-order valence-electron chi connectivity index (χ0n) is 9.37. The van der Waals surface area contributed by atoms with Gasteiger partial charge in [0.05, 0.1) is 0 Å². The molecule has 0 bridgehead atoms. The Morgan fingerprint density at radius 3 is 2.69 bits per heavy atom. The monoisotopic (exact) mass is 215 g/mol. The molecule has 0 unspecified atom stereocenters. The minimum Gasteiger partial charge on any atom is -0.507 e. The van der Waals surface area contributed by atoms with Gasteiger partial charge in [0.1, 0.15) is 5.75 Å². The van der Waals surface area contributed by atoms with Crippen molar-refractivity contribution in [3.63, 3.8) is 0 Å². The summed E-state index contributed by atoms with van der Waals surface area (Å²) in [5.41, 5.74) is 2.36. The zero-order chi connectivity index (χ0) is 11.0. The molecule has 0 amide bonds. The number of hydrogen-bond donors (Lipinski definition) is 2. The maximum Gasteiger partial charge on any atom is 0.124 e. The van der Waals surface area contributed by atoms with Crippen molar-refractivity contribution in [1.82, 2.24) is 4.98 Å². The molecule has 0 saturated heterocycles. The van der Waals surface area contributed by atoms with Crippen LogP contribution in [0.2, 0.25) is 0 Å². The molecule has 2 heteroatoms. The molecule has 2 N–H and O–H groups in total. The van der Waals surface area contributed by atoms with Gasteiger partial charge >= 0.3 is 0 Å². The van der Waals surface area contributed by atoms with Crippen LogP contribution in [0.3, 0.4) is 0 Å². The van der Waals surface area contributed by atoms with E-state index in [1.807, 2.05) is 12.1 Å². The van der Waals surface area contributed by atoms with Gasteiger partial charge in [-0.3, -0.25) is 0 Å². The van der Waals surface area contributed by atoms with Crippen LogP contribution in [0.4, 0.5) is 0 Å². The van der Waals surface area contributed by atoms with Crippen LogP contribution in [-0.2, 0) is 0 Å². The van der Waals surface area contributed by atoms with Gasteiger partial charge in [-0.05, 0) is 37.0 Å². The largest absolute Gasteiger partial charge is 0.507 e. The van der Waals surface area contributed by atoms with Crippen molar-refractivity contribution in [1.29, 1.82) is 0 Å². The minimum absolute atomic E-state index is 0.385. The summed E-state index contributed by atoms with van der Waals surface area (Å²) in [6.45, 7) is 0. The SMILES string of the molecule is Oc1cccc2[nH]c(C3CCCCC3)cc12. The van der Waals surface area contributed by atoms with E-state index in [1.54, 1.807) is 6.07 Å². The van der Waals surface area contributed by atoms with E-state index in [2.05, 4.69) is 11.1 Å². The number of nitrogens with one attached hydrogen (secondary N) is 1. The zero-order valence-corrected chi connectivity index (χ0v) is 9.37. The van der Waals surface area contributed by atoms with Gasteiger partial charge < -0.3 is 10.1 Å². The molecule has 1 aliphatic rings. The van der Waals surface area contributed by atoms with Gasteiger partial charge in [-0.25, -0.2) is 0 Å². The van der Waals surface area contributed by atoms with E-state index in [0.717, 1.165) is 10.9 Å². The molecule has 1 saturated carbocycles. The van der Waals surface area contributed by atoms with Gasteiger partial charge in [0, 0.05) is 16.6 Å². The third-order valence-corrected chi connectivity index (χ3v) is 3.71. The summed E-state index contributed by atoms with van der Waals surface area (Å²) in [7, 11) is 0. The molecule has 0 radical (unpaired) electrons. The first-order valence-corrected chi connectivity index (χ1v) is 6.15. The molecule has 0 aliphatic heterocycles. The fraction of sp³-hybridized carbons (Fsp3) is 0.429. The fourth-order valence-electron chi connectivity index (χ4n) is 2.79. The van der Waals surface area contributed by atoms with Crippen molar-refractivity contribution < 1.29 is 5.11 Å². The van der Waals surface area contributed by atoms with Crippen LogP contribution in [0.1, 0.15) is 43.7 Å². The maximum atomic E-state index is 9.76. The predicted octanol–water partition coefficient (Wildman–Crippen LogP) is 3.92. The van der Waals surface area contributed by atoms with Gasteiger partial charge in [0.2, 0.25) is 0 Å². The van der Waals surface area contributed by atoms with Crippen LogP contribution in [0, 0.1) is 0 Å². The quantitative estimate of drug-likeness (QED) is 0.743. The molecule has 1 aromatic carbocycles. The summed E-state index contributed by atoms with van der Waals surface area (Å²) >= 11 is 0. The second-order valence-electron chi connectivity index (χ2n) is 4.80. The Morgan fingerprint density at radius 2 is 1.94 bits per heavy atom. The van der Waals surface area contributed by atoms with Gasteiger partial charge in [-0.1, -0.05) is 25.3 Å². The average Bonchev–Trinajstić information content (AvgIpc) is 2.76. The number of fused-ring (bicyclic) bond motifs is 1. The van der Waals surface area contributed by atoms with Gasteiger partial charge in [0.25, 0.3) is 0 Å². The van der Waals surface area contributed by atoms with E-state index in [1.165, 1.54) is 37.8 Å². The highest BCUT2D eigenvalue weighted by Crippen LogP contribution is 2.35. The van der Waals surface area contributed by atoms with Gasteiger partial charge in [-0.2, -0.15) is 0 Å². The molecule has 1 aliphatic carbocycles. The Morgan fingerprint density at radius 1 is 1.12 bits per heavy atom. The fourth-order valence-corrected chi connectivity index (χ4v) is 2.79. The molecule has 16 heavy (non-hydrogen) atoms. The first-order chi connectivity index (χ1) is 7.84. The smallest absolute Gasteiger partial charge is 0.124 e. The van der Waals surface area contributed by atoms with E-state index >= 15 is 0 Å². The summed E-state index contributed by atoms with van der Waals surface area (Å²) in [4.78, 5) is 3.45. The Bertz CT molecular complexity index is 494. The van der Waals surface area contributed by atoms with Crippen molar-refractivity contribution in [2.45, 2.75) is 38.0 Å². The van der Waals surface area contributed by atoms with E-state index in [0.29, 0.717) is 11.7 Å². The van der Waals surface area contributed by atoms with E-state index in [9.17, 15) is 5.11 Å². The molecule has 1 heterocycles. The van der Waals surface area contributed by atoms with Crippen molar-refractivity contribution in [2.75, 3.05) is 0 Å². The molecule has 3 rings (SSSR count). The lowest BCUT2D eigenvalue weighted by Gasteiger charge is -2.20. The summed E-state index contributed by atoms with van der Waals surface area (Å²) in [5.74, 6) is 1.05. The summed E-state index contributed by atoms with van der Waals surface area (Å²) in [5, 5.41) is 10.7. The van der Waals surface area contributed by atoms with Crippen LogP contribution in [0.15, 0.2) is 24.3 Å². The molecule has 0 spiro atoms.